The summed E-state index contributed by atoms with van der Waals surface area (Å²) in [7, 11) is 0. The van der Waals surface area contributed by atoms with Gasteiger partial charge in [0.2, 0.25) is 0 Å². The normalized spacial score (nSPS) is 7.22. The molecule has 291 valence electrons. The average molecular weight is 1380 g/mol. The van der Waals surface area contributed by atoms with Gasteiger partial charge in [-0.25, -0.2) is 18.2 Å². The molecule has 1 aromatic carbocycles. The summed E-state index contributed by atoms with van der Waals surface area (Å²) in [6, 6.07) is 27.5. The van der Waals surface area contributed by atoms with Gasteiger partial charge < -0.3 is 55.9 Å². The van der Waals surface area contributed by atoms with Gasteiger partial charge in [-0.3, -0.25) is 18.2 Å². The SMILES string of the molecule is C.C.C.C.CC.C[C-]=Cc1ccccn1.C[C-]=Cc1ccccn1.C[C-]=Cc1ccccn1.[CH3-].[CH3-].[CH3-].[CH3-].[Ir+3].[Ir].[Ir].[Ir].[NH-]Nc1[c-]cccc1. The fraction of sp³-hybridized carbons (Fsp3) is 0.225. The van der Waals surface area contributed by atoms with Gasteiger partial charge in [0.1, 0.15) is 0 Å². The van der Waals surface area contributed by atoms with Gasteiger partial charge in [0.05, 0.1) is 0 Å². The van der Waals surface area contributed by atoms with Crippen molar-refractivity contribution in [3.63, 3.8) is 0 Å². The second-order valence-corrected chi connectivity index (χ2v) is 6.46. The van der Waals surface area contributed by atoms with Gasteiger partial charge in [0.15, 0.2) is 0 Å². The van der Waals surface area contributed by atoms with Crippen LogP contribution in [0.2, 0.25) is 0 Å². The van der Waals surface area contributed by atoms with Crippen LogP contribution in [0.5, 0.6) is 0 Å². The molecular formula is C40H64Ir4N5-6. The van der Waals surface area contributed by atoms with Gasteiger partial charge in [-0.05, 0) is 18.2 Å². The molecule has 0 aliphatic rings. The first-order valence-electron chi connectivity index (χ1n) is 11.9. The van der Waals surface area contributed by atoms with Crippen LogP contribution < -0.4 is 5.43 Å². The topological polar surface area (TPSA) is 74.5 Å². The number of nitrogens with zero attached hydrogens (tertiary/aromatic N) is 3. The predicted molar refractivity (Wildman–Crippen MR) is 210 cm³/mol. The largest absolute Gasteiger partial charge is 3.00 e. The van der Waals surface area contributed by atoms with Crippen molar-refractivity contribution < 1.29 is 80.4 Å². The number of aromatic nitrogens is 3. The van der Waals surface area contributed by atoms with Crippen molar-refractivity contribution in [1.29, 1.82) is 0 Å². The molecule has 0 saturated heterocycles. The molecule has 0 fully saturated rings. The minimum Gasteiger partial charge on any atom is -0.588 e. The molecule has 0 saturated carbocycles. The molecule has 0 unspecified atom stereocenters. The van der Waals surface area contributed by atoms with E-state index < -0.39 is 0 Å². The van der Waals surface area contributed by atoms with Gasteiger partial charge >= 0.3 is 20.1 Å². The van der Waals surface area contributed by atoms with E-state index >= 15 is 0 Å². The van der Waals surface area contributed by atoms with E-state index in [1.807, 2.05) is 120 Å². The summed E-state index contributed by atoms with van der Waals surface area (Å²) in [6.07, 6.45) is 19.5. The monoisotopic (exact) mass is 1390 g/mol. The molecule has 4 aromatic rings. The minimum atomic E-state index is 0. The van der Waals surface area contributed by atoms with E-state index in [0.29, 0.717) is 5.69 Å². The second kappa shape index (κ2) is 68.2. The van der Waals surface area contributed by atoms with Crippen LogP contribution in [0.25, 0.3) is 24.1 Å². The molecule has 0 aliphatic carbocycles. The van der Waals surface area contributed by atoms with E-state index in [2.05, 4.69) is 44.7 Å². The zero-order chi connectivity index (χ0) is 27.4. The summed E-state index contributed by atoms with van der Waals surface area (Å²) >= 11 is 0. The number of nitrogens with one attached hydrogen (secondary N) is 2. The number of pyridine rings is 3. The third-order valence-corrected chi connectivity index (χ3v) is 3.78. The summed E-state index contributed by atoms with van der Waals surface area (Å²) in [6.45, 7) is 9.57. The molecule has 5 nitrogen and oxygen atoms in total. The predicted octanol–water partition coefficient (Wildman–Crippen LogP) is 13.0. The molecule has 0 amide bonds. The maximum Gasteiger partial charge on any atom is 3.00 e. The van der Waals surface area contributed by atoms with Gasteiger partial charge in [-0.1, -0.05) is 78.8 Å². The molecule has 0 spiro atoms. The van der Waals surface area contributed by atoms with E-state index in [0.717, 1.165) is 17.1 Å². The fourth-order valence-electron chi connectivity index (χ4n) is 2.30. The average Bonchev–Trinajstić information content (AvgIpc) is 2.98. The molecule has 49 heavy (non-hydrogen) atoms. The molecule has 0 bridgehead atoms. The van der Waals surface area contributed by atoms with Gasteiger partial charge in [-0.2, -0.15) is 24.3 Å². The number of para-hydroxylation sites is 1. The standard InChI is InChI=1S/3C8H8N.C6H6N2.C2H6.4CH4.4CH3.4Ir/c3*1-2-5-8-6-3-4-7-9-8;7-8-6-4-2-1-3-5-6;1-2;;;;;;;;;;;;/h3*3-7H,1H3;1-4,7-8H;1-2H3;4*1H4;4*1H3;;;;/q3*-1;-2;;;;;;4*-1;;;;+3. The number of benzene rings is 1. The summed E-state index contributed by atoms with van der Waals surface area (Å²) in [5.74, 6) is 6.66. The Morgan fingerprint density at radius 2 is 0.837 bits per heavy atom. The first kappa shape index (κ1) is 86.2. The Bertz CT molecular complexity index is 988. The Balaban J connectivity index is -0.0000000292. The van der Waals surface area contributed by atoms with Crippen molar-refractivity contribution in [3.05, 3.63) is 174 Å². The van der Waals surface area contributed by atoms with Crippen LogP contribution in [-0.4, -0.2) is 15.0 Å². The maximum absolute atomic E-state index is 6.66. The van der Waals surface area contributed by atoms with Crippen LogP contribution >= 0.6 is 0 Å². The van der Waals surface area contributed by atoms with Crippen LogP contribution in [0.3, 0.4) is 0 Å². The van der Waals surface area contributed by atoms with Gasteiger partial charge in [0.25, 0.3) is 0 Å². The van der Waals surface area contributed by atoms with Crippen LogP contribution in [0.1, 0.15) is 81.4 Å². The Kier molecular flexibility index (Phi) is 120. The molecule has 0 atom stereocenters. The zero-order valence-electron chi connectivity index (χ0n) is 27.6. The molecule has 3 radical (unpaired) electrons. The van der Waals surface area contributed by atoms with Gasteiger partial charge in [0, 0.05) is 78.9 Å². The first-order valence-corrected chi connectivity index (χ1v) is 11.9. The number of allylic oxidation sites excluding steroid dienone is 3. The Hall–Kier alpha value is -1.75. The molecule has 3 heterocycles. The molecule has 2 N–H and O–H groups in total. The smallest absolute Gasteiger partial charge is 0.588 e. The summed E-state index contributed by atoms with van der Waals surface area (Å²) < 4.78 is 0. The third-order valence-electron chi connectivity index (χ3n) is 3.78. The van der Waals surface area contributed by atoms with Crippen LogP contribution in [0, 0.1) is 54.0 Å². The minimum absolute atomic E-state index is 0. The van der Waals surface area contributed by atoms with E-state index in [4.69, 9.17) is 5.84 Å². The summed E-state index contributed by atoms with van der Waals surface area (Å²) in [5.41, 5.74) is 5.80. The van der Waals surface area contributed by atoms with Crippen LogP contribution in [0.4, 0.5) is 5.69 Å². The zero-order valence-corrected chi connectivity index (χ0v) is 37.2. The molecule has 4 rings (SSSR count). The molecule has 0 aliphatic heterocycles. The quantitative estimate of drug-likeness (QED) is 0.163. The molecular weight excluding hydrogens is 1320 g/mol. The number of anilines is 1. The van der Waals surface area contributed by atoms with Crippen molar-refractivity contribution in [2.75, 3.05) is 5.43 Å². The number of hydrogen-bond donors (Lipinski definition) is 1. The van der Waals surface area contributed by atoms with Crippen molar-refractivity contribution in [2.45, 2.75) is 64.3 Å². The number of rotatable bonds is 4. The Labute approximate surface area is 360 Å². The van der Waals surface area contributed by atoms with E-state index in [1.165, 1.54) is 0 Å². The first-order chi connectivity index (χ1) is 18.2. The van der Waals surface area contributed by atoms with Crippen molar-refractivity contribution in [1.82, 2.24) is 15.0 Å². The van der Waals surface area contributed by atoms with E-state index in [-0.39, 0.29) is 140 Å². The van der Waals surface area contributed by atoms with Gasteiger partial charge in [-0.15, -0.1) is 50.7 Å². The van der Waals surface area contributed by atoms with Crippen molar-refractivity contribution in [3.8, 4) is 0 Å². The van der Waals surface area contributed by atoms with Crippen LogP contribution in [0.15, 0.2) is 97.5 Å². The maximum atomic E-state index is 6.66. The fourth-order valence-corrected chi connectivity index (χ4v) is 2.30. The van der Waals surface area contributed by atoms with Crippen molar-refractivity contribution in [2.24, 2.45) is 0 Å². The Morgan fingerprint density at radius 1 is 0.551 bits per heavy atom. The summed E-state index contributed by atoms with van der Waals surface area (Å²) in [4.78, 5) is 12.2. The van der Waals surface area contributed by atoms with Crippen molar-refractivity contribution >= 4 is 23.9 Å². The van der Waals surface area contributed by atoms with E-state index in [1.54, 1.807) is 30.7 Å². The summed E-state index contributed by atoms with van der Waals surface area (Å²) in [5, 5.41) is 0. The molecule has 3 aromatic heterocycles. The van der Waals surface area contributed by atoms with E-state index in [9.17, 15) is 0 Å². The number of hydrogen-bond acceptors (Lipinski definition) is 4. The Morgan fingerprint density at radius 3 is 1.00 bits per heavy atom. The second-order valence-electron chi connectivity index (χ2n) is 6.46. The van der Waals surface area contributed by atoms with Crippen LogP contribution in [-0.2, 0) is 80.4 Å². The molecule has 9 heteroatoms. The third kappa shape index (κ3) is 53.2.